The topological polar surface area (TPSA) is 70.0 Å². The van der Waals surface area contributed by atoms with Gasteiger partial charge in [-0.1, -0.05) is 73.8 Å². The fourth-order valence-electron chi connectivity index (χ4n) is 4.44. The van der Waals surface area contributed by atoms with Gasteiger partial charge in [0, 0.05) is 68.9 Å². The van der Waals surface area contributed by atoms with E-state index in [0.717, 1.165) is 112 Å². The minimum Gasteiger partial charge on any atom is -0.496 e. The van der Waals surface area contributed by atoms with Crippen molar-refractivity contribution in [2.24, 2.45) is 0 Å². The number of methoxy groups -OCH3 is 2. The number of nitrogens with zero attached hydrogens (tertiary/aromatic N) is 4. The Labute approximate surface area is 286 Å². The van der Waals surface area contributed by atoms with Crippen LogP contribution in [-0.4, -0.2) is 45.7 Å². The zero-order valence-electron chi connectivity index (χ0n) is 25.3. The summed E-state index contributed by atoms with van der Waals surface area (Å²) in [6, 6.07) is 17.0. The smallest absolute Gasteiger partial charge is 0.189 e. The highest BCUT2D eigenvalue weighted by molar-refractivity contribution is 8.00. The molecule has 3 heterocycles. The van der Waals surface area contributed by atoms with Gasteiger partial charge in [0.2, 0.25) is 0 Å². The molecule has 5 rings (SSSR count). The Hall–Kier alpha value is -1.70. The van der Waals surface area contributed by atoms with E-state index in [1.54, 1.807) is 84.8 Å². The second-order valence-corrected chi connectivity index (χ2v) is 15.8. The van der Waals surface area contributed by atoms with E-state index in [1.807, 2.05) is 0 Å². The van der Waals surface area contributed by atoms with E-state index in [-0.39, 0.29) is 0 Å². The van der Waals surface area contributed by atoms with E-state index in [9.17, 15) is 0 Å². The van der Waals surface area contributed by atoms with Crippen LogP contribution >= 0.6 is 70.6 Å². The number of fused-ring (bicyclic) bond motifs is 8. The van der Waals surface area contributed by atoms with E-state index in [4.69, 9.17) is 29.4 Å². The molecular weight excluding hydrogens is 665 g/mol. The van der Waals surface area contributed by atoms with Gasteiger partial charge in [-0.3, -0.25) is 0 Å². The minimum absolute atomic E-state index is 0.753. The van der Waals surface area contributed by atoms with E-state index >= 15 is 0 Å². The molecule has 1 aliphatic rings. The SMILES string of the molecule is CCCSc1nc2cc(n1)SCc1cccc(c1OC)CSc1cc(nc(SCCC)n1)SCc1cccc(c1OC)CS2. The van der Waals surface area contributed by atoms with Crippen molar-refractivity contribution >= 4 is 70.6 Å². The number of benzene rings is 2. The molecule has 0 N–H and O–H groups in total. The normalized spacial score (nSPS) is 13.7. The summed E-state index contributed by atoms with van der Waals surface area (Å²) >= 11 is 10.3. The molecule has 2 aromatic heterocycles. The summed E-state index contributed by atoms with van der Waals surface area (Å²) in [5.74, 6) is 6.85. The van der Waals surface area contributed by atoms with Crippen LogP contribution in [0, 0.1) is 0 Å². The monoisotopic (exact) mass is 700 g/mol. The summed E-state index contributed by atoms with van der Waals surface area (Å²) in [5, 5.41) is 5.54. The molecule has 4 aromatic rings. The van der Waals surface area contributed by atoms with Crippen molar-refractivity contribution in [3.05, 3.63) is 70.8 Å². The largest absolute Gasteiger partial charge is 0.496 e. The Morgan fingerprint density at radius 1 is 0.568 bits per heavy atom. The van der Waals surface area contributed by atoms with Crippen molar-refractivity contribution in [2.75, 3.05) is 25.7 Å². The highest BCUT2D eigenvalue weighted by atomic mass is 32.2. The van der Waals surface area contributed by atoms with E-state index in [2.05, 4.69) is 62.4 Å². The molecule has 2 aromatic carbocycles. The molecule has 8 bridgehead atoms. The van der Waals surface area contributed by atoms with Gasteiger partial charge in [-0.15, -0.1) is 47.0 Å². The highest BCUT2D eigenvalue weighted by Crippen LogP contribution is 2.38. The highest BCUT2D eigenvalue weighted by Gasteiger charge is 2.16. The third kappa shape index (κ3) is 9.19. The van der Waals surface area contributed by atoms with Crippen molar-refractivity contribution in [1.29, 1.82) is 0 Å². The van der Waals surface area contributed by atoms with Crippen molar-refractivity contribution < 1.29 is 9.47 Å². The number of hydrogen-bond acceptors (Lipinski definition) is 12. The fourth-order valence-corrected chi connectivity index (χ4v) is 9.75. The van der Waals surface area contributed by atoms with Crippen LogP contribution in [0.4, 0.5) is 0 Å². The van der Waals surface area contributed by atoms with Crippen LogP contribution in [0.15, 0.2) is 78.9 Å². The maximum atomic E-state index is 5.98. The molecular formula is C32H36N4O2S6. The molecule has 0 radical (unpaired) electrons. The van der Waals surface area contributed by atoms with Gasteiger partial charge in [0.1, 0.15) is 31.6 Å². The molecule has 12 heteroatoms. The second-order valence-electron chi connectivity index (χ2n) is 9.72. The van der Waals surface area contributed by atoms with Crippen molar-refractivity contribution in [2.45, 2.75) is 80.1 Å². The molecule has 44 heavy (non-hydrogen) atoms. The minimum atomic E-state index is 0.753. The van der Waals surface area contributed by atoms with Gasteiger partial charge in [-0.2, -0.15) is 0 Å². The Kier molecular flexibility index (Phi) is 13.2. The zero-order chi connectivity index (χ0) is 30.7. The molecule has 0 saturated carbocycles. The number of thioether (sulfide) groups is 6. The number of ether oxygens (including phenoxy) is 2. The molecule has 0 spiro atoms. The third-order valence-corrected chi connectivity index (χ3v) is 12.4. The van der Waals surface area contributed by atoms with Gasteiger partial charge in [0.25, 0.3) is 0 Å². The maximum Gasteiger partial charge on any atom is 0.189 e. The zero-order valence-corrected chi connectivity index (χ0v) is 30.2. The van der Waals surface area contributed by atoms with Crippen LogP contribution in [0.1, 0.15) is 48.9 Å². The first kappa shape index (κ1) is 33.7. The van der Waals surface area contributed by atoms with Crippen LogP contribution in [0.25, 0.3) is 0 Å². The number of para-hydroxylation sites is 2. The molecule has 6 nitrogen and oxygen atoms in total. The third-order valence-electron chi connectivity index (χ3n) is 6.45. The molecule has 0 atom stereocenters. The lowest BCUT2D eigenvalue weighted by Crippen LogP contribution is -1.99. The predicted octanol–water partition coefficient (Wildman–Crippen LogP) is 9.77. The molecule has 1 aliphatic heterocycles. The van der Waals surface area contributed by atoms with Crippen molar-refractivity contribution in [3.63, 3.8) is 0 Å². The summed E-state index contributed by atoms with van der Waals surface area (Å²) in [4.78, 5) is 19.6. The average molecular weight is 701 g/mol. The van der Waals surface area contributed by atoms with Crippen LogP contribution < -0.4 is 9.47 Å². The molecule has 0 amide bonds. The second kappa shape index (κ2) is 17.3. The molecule has 0 saturated heterocycles. The molecule has 0 unspecified atom stereocenters. The van der Waals surface area contributed by atoms with Gasteiger partial charge < -0.3 is 9.47 Å². The maximum absolute atomic E-state index is 5.98. The number of hydrogen-bond donors (Lipinski definition) is 0. The van der Waals surface area contributed by atoms with Gasteiger partial charge in [0.15, 0.2) is 10.3 Å². The first-order valence-electron chi connectivity index (χ1n) is 14.4. The first-order chi connectivity index (χ1) is 21.6. The predicted molar refractivity (Wildman–Crippen MR) is 190 cm³/mol. The van der Waals surface area contributed by atoms with E-state index in [1.165, 1.54) is 0 Å². The van der Waals surface area contributed by atoms with Gasteiger partial charge in [0.05, 0.1) is 14.2 Å². The van der Waals surface area contributed by atoms with Crippen molar-refractivity contribution in [3.8, 4) is 11.5 Å². The van der Waals surface area contributed by atoms with Crippen LogP contribution in [0.5, 0.6) is 11.5 Å². The standard InChI is InChI=1S/C32H36N4O2S6/c1-5-13-39-31-33-25-15-26(34-31)42-18-22-10-8-12-24(30(22)38-4)20-44-28-16-27(35-32(36-28)40-14-6-2)43-19-23-11-7-9-21(17-41-25)29(23)37-3/h7-12,15-16H,5-6,13-14,17-20H2,1-4H3. The van der Waals surface area contributed by atoms with E-state index < -0.39 is 0 Å². The Morgan fingerprint density at radius 3 is 1.16 bits per heavy atom. The molecule has 232 valence electrons. The summed E-state index contributed by atoms with van der Waals surface area (Å²) in [6.07, 6.45) is 2.15. The summed E-state index contributed by atoms with van der Waals surface area (Å²) in [7, 11) is 3.52. The van der Waals surface area contributed by atoms with Crippen molar-refractivity contribution in [1.82, 2.24) is 19.9 Å². The van der Waals surface area contributed by atoms with Crippen LogP contribution in [0.3, 0.4) is 0 Å². The van der Waals surface area contributed by atoms with Crippen LogP contribution in [0.2, 0.25) is 0 Å². The number of rotatable bonds is 8. The Balaban J connectivity index is 1.53. The van der Waals surface area contributed by atoms with Crippen LogP contribution in [-0.2, 0) is 23.0 Å². The Bertz CT molecular complexity index is 1350. The van der Waals surface area contributed by atoms with E-state index in [0.29, 0.717) is 0 Å². The Morgan fingerprint density at radius 2 is 0.886 bits per heavy atom. The summed E-state index contributed by atoms with van der Waals surface area (Å²) < 4.78 is 12.0. The molecule has 0 aliphatic carbocycles. The lowest BCUT2D eigenvalue weighted by Gasteiger charge is -2.15. The van der Waals surface area contributed by atoms with Gasteiger partial charge in [-0.25, -0.2) is 19.9 Å². The average Bonchev–Trinajstić information content (AvgIpc) is 3.05. The lowest BCUT2D eigenvalue weighted by atomic mass is 10.1. The summed E-state index contributed by atoms with van der Waals surface area (Å²) in [6.45, 7) is 4.37. The summed E-state index contributed by atoms with van der Waals surface area (Å²) in [5.41, 5.74) is 4.61. The lowest BCUT2D eigenvalue weighted by molar-refractivity contribution is 0.408. The molecule has 0 fully saturated rings. The van der Waals surface area contributed by atoms with Gasteiger partial charge >= 0.3 is 0 Å². The fraction of sp³-hybridized carbons (Fsp3) is 0.375. The van der Waals surface area contributed by atoms with Gasteiger partial charge in [-0.05, 0) is 12.8 Å². The first-order valence-corrected chi connectivity index (χ1v) is 20.4. The number of aromatic nitrogens is 4. The quantitative estimate of drug-likeness (QED) is 0.0998.